The number of esters is 1. The molecule has 1 aromatic carbocycles. The van der Waals surface area contributed by atoms with Gasteiger partial charge in [0.25, 0.3) is 0 Å². The first kappa shape index (κ1) is 16.3. The number of nitrogens with zero attached hydrogens (tertiary/aromatic N) is 3. The van der Waals surface area contributed by atoms with E-state index in [9.17, 15) is 4.79 Å². The largest absolute Gasteiger partial charge is 0.465 e. The zero-order valence-corrected chi connectivity index (χ0v) is 14.1. The third kappa shape index (κ3) is 3.68. The van der Waals surface area contributed by atoms with Crippen LogP contribution in [0, 0.1) is 0 Å². The summed E-state index contributed by atoms with van der Waals surface area (Å²) >= 11 is 7.33. The highest BCUT2D eigenvalue weighted by molar-refractivity contribution is 8.00. The fourth-order valence-electron chi connectivity index (χ4n) is 2.28. The Balaban J connectivity index is 1.90. The number of carbonyl (C=O) groups is 1. The quantitative estimate of drug-likeness (QED) is 0.744. The van der Waals surface area contributed by atoms with Gasteiger partial charge < -0.3 is 9.47 Å². The van der Waals surface area contributed by atoms with Crippen LogP contribution in [0.2, 0.25) is 5.02 Å². The minimum Gasteiger partial charge on any atom is -0.465 e. The molecule has 0 spiro atoms. The molecule has 0 amide bonds. The Labute approximate surface area is 143 Å². The number of ether oxygens (including phenoxy) is 2. The summed E-state index contributed by atoms with van der Waals surface area (Å²) in [5.74, 6) is 0.539. The summed E-state index contributed by atoms with van der Waals surface area (Å²) in [4.78, 5) is 11.7. The molecular weight excluding hydrogens is 338 g/mol. The van der Waals surface area contributed by atoms with Crippen LogP contribution >= 0.6 is 23.4 Å². The molecule has 1 fully saturated rings. The van der Waals surface area contributed by atoms with Crippen LogP contribution in [-0.4, -0.2) is 46.3 Å². The number of rotatable bonds is 6. The standard InChI is InChI=1S/C15H16ClN3O3S/c1-21-9-7-19-13(10-2-4-11(16)5-3-10)17-18-15(19)23-12-6-8-22-14(12)20/h2-5,12H,6-9H2,1H3. The summed E-state index contributed by atoms with van der Waals surface area (Å²) in [7, 11) is 1.65. The van der Waals surface area contributed by atoms with Gasteiger partial charge in [-0.05, 0) is 24.3 Å². The average Bonchev–Trinajstić information content (AvgIpc) is 3.13. The first-order chi connectivity index (χ1) is 11.2. The highest BCUT2D eigenvalue weighted by Gasteiger charge is 2.30. The van der Waals surface area contributed by atoms with Gasteiger partial charge in [-0.3, -0.25) is 9.36 Å². The molecule has 23 heavy (non-hydrogen) atoms. The lowest BCUT2D eigenvalue weighted by Gasteiger charge is -2.11. The predicted molar refractivity (Wildman–Crippen MR) is 87.6 cm³/mol. The highest BCUT2D eigenvalue weighted by Crippen LogP contribution is 2.31. The molecule has 1 aliphatic rings. The van der Waals surface area contributed by atoms with Crippen LogP contribution in [0.5, 0.6) is 0 Å². The van der Waals surface area contributed by atoms with Crippen molar-refractivity contribution >= 4 is 29.3 Å². The summed E-state index contributed by atoms with van der Waals surface area (Å²) in [5, 5.41) is 9.66. The van der Waals surface area contributed by atoms with Gasteiger partial charge in [-0.25, -0.2) is 0 Å². The summed E-state index contributed by atoms with van der Waals surface area (Å²) in [6.07, 6.45) is 0.691. The second kappa shape index (κ2) is 7.33. The van der Waals surface area contributed by atoms with Gasteiger partial charge in [0.1, 0.15) is 5.25 Å². The van der Waals surface area contributed by atoms with Crippen molar-refractivity contribution < 1.29 is 14.3 Å². The summed E-state index contributed by atoms with van der Waals surface area (Å²) in [6.45, 7) is 1.60. The van der Waals surface area contributed by atoms with Crippen molar-refractivity contribution in [2.45, 2.75) is 23.4 Å². The van der Waals surface area contributed by atoms with E-state index in [1.54, 1.807) is 7.11 Å². The lowest BCUT2D eigenvalue weighted by molar-refractivity contribution is -0.137. The van der Waals surface area contributed by atoms with Gasteiger partial charge in [-0.15, -0.1) is 10.2 Å². The Morgan fingerprint density at radius 3 is 2.83 bits per heavy atom. The maximum Gasteiger partial charge on any atom is 0.319 e. The number of cyclic esters (lactones) is 1. The minimum absolute atomic E-state index is 0.190. The van der Waals surface area contributed by atoms with E-state index >= 15 is 0 Å². The van der Waals surface area contributed by atoms with Gasteiger partial charge >= 0.3 is 5.97 Å². The van der Waals surface area contributed by atoms with E-state index in [4.69, 9.17) is 21.1 Å². The second-order valence-corrected chi connectivity index (χ2v) is 6.63. The van der Waals surface area contributed by atoms with Crippen LogP contribution in [0.25, 0.3) is 11.4 Å². The first-order valence-corrected chi connectivity index (χ1v) is 8.46. The molecule has 1 aliphatic heterocycles. The van der Waals surface area contributed by atoms with Crippen LogP contribution in [0.15, 0.2) is 29.4 Å². The lowest BCUT2D eigenvalue weighted by atomic mass is 10.2. The van der Waals surface area contributed by atoms with Gasteiger partial charge in [0.15, 0.2) is 11.0 Å². The van der Waals surface area contributed by atoms with Crippen molar-refractivity contribution in [1.29, 1.82) is 0 Å². The smallest absolute Gasteiger partial charge is 0.319 e. The van der Waals surface area contributed by atoms with Crippen LogP contribution in [-0.2, 0) is 20.8 Å². The number of halogens is 1. The number of benzene rings is 1. The number of hydrogen-bond donors (Lipinski definition) is 0. The van der Waals surface area contributed by atoms with Gasteiger partial charge in [-0.2, -0.15) is 0 Å². The molecule has 8 heteroatoms. The van der Waals surface area contributed by atoms with E-state index in [0.717, 1.165) is 11.4 Å². The molecule has 1 atom stereocenters. The normalized spacial score (nSPS) is 17.5. The monoisotopic (exact) mass is 353 g/mol. The zero-order chi connectivity index (χ0) is 16.2. The molecule has 0 saturated carbocycles. The molecule has 1 saturated heterocycles. The van der Waals surface area contributed by atoms with Crippen LogP contribution < -0.4 is 0 Å². The highest BCUT2D eigenvalue weighted by atomic mass is 35.5. The van der Waals surface area contributed by atoms with Crippen molar-refractivity contribution in [1.82, 2.24) is 14.8 Å². The molecule has 2 heterocycles. The molecule has 1 aromatic heterocycles. The molecule has 6 nitrogen and oxygen atoms in total. The second-order valence-electron chi connectivity index (χ2n) is 5.02. The summed E-state index contributed by atoms with van der Waals surface area (Å²) in [5.41, 5.74) is 0.916. The molecule has 0 bridgehead atoms. The van der Waals surface area contributed by atoms with Crippen LogP contribution in [0.3, 0.4) is 0 Å². The van der Waals surface area contributed by atoms with Crippen molar-refractivity contribution in [3.8, 4) is 11.4 Å². The maximum absolute atomic E-state index is 11.7. The molecular formula is C15H16ClN3O3S. The van der Waals surface area contributed by atoms with E-state index < -0.39 is 0 Å². The van der Waals surface area contributed by atoms with E-state index in [-0.39, 0.29) is 11.2 Å². The van der Waals surface area contributed by atoms with Gasteiger partial charge in [0, 0.05) is 24.1 Å². The van der Waals surface area contributed by atoms with E-state index in [1.165, 1.54) is 11.8 Å². The fraction of sp³-hybridized carbons (Fsp3) is 0.400. The Morgan fingerprint density at radius 2 is 2.17 bits per heavy atom. The van der Waals surface area contributed by atoms with Gasteiger partial charge in [0.05, 0.1) is 19.8 Å². The molecule has 0 aliphatic carbocycles. The molecule has 3 rings (SSSR count). The fourth-order valence-corrected chi connectivity index (χ4v) is 3.44. The van der Waals surface area contributed by atoms with Crippen LogP contribution in [0.1, 0.15) is 6.42 Å². The molecule has 2 aromatic rings. The topological polar surface area (TPSA) is 66.2 Å². The number of carbonyl (C=O) groups excluding carboxylic acids is 1. The minimum atomic E-state index is -0.224. The number of thioether (sulfide) groups is 1. The van der Waals surface area contributed by atoms with Crippen molar-refractivity contribution in [3.63, 3.8) is 0 Å². The SMILES string of the molecule is COCCn1c(SC2CCOC2=O)nnc1-c1ccc(Cl)cc1. The zero-order valence-electron chi connectivity index (χ0n) is 12.6. The van der Waals surface area contributed by atoms with Crippen molar-refractivity contribution in [2.24, 2.45) is 0 Å². The Kier molecular flexibility index (Phi) is 5.20. The predicted octanol–water partition coefficient (Wildman–Crippen LogP) is 2.65. The van der Waals surface area contributed by atoms with Crippen LogP contribution in [0.4, 0.5) is 0 Å². The Hall–Kier alpha value is -1.57. The lowest BCUT2D eigenvalue weighted by Crippen LogP contribution is -2.13. The third-order valence-electron chi connectivity index (χ3n) is 3.47. The summed E-state index contributed by atoms with van der Waals surface area (Å²) < 4.78 is 12.1. The molecule has 0 radical (unpaired) electrons. The molecule has 0 N–H and O–H groups in total. The Morgan fingerprint density at radius 1 is 1.39 bits per heavy atom. The van der Waals surface area contributed by atoms with Gasteiger partial charge in [0.2, 0.25) is 0 Å². The number of hydrogen-bond acceptors (Lipinski definition) is 6. The average molecular weight is 354 g/mol. The number of aromatic nitrogens is 3. The Bertz CT molecular complexity index is 690. The van der Waals surface area contributed by atoms with Gasteiger partial charge in [-0.1, -0.05) is 23.4 Å². The number of methoxy groups -OCH3 is 1. The molecule has 122 valence electrons. The summed E-state index contributed by atoms with van der Waals surface area (Å²) in [6, 6.07) is 7.42. The first-order valence-electron chi connectivity index (χ1n) is 7.20. The van der Waals surface area contributed by atoms with Crippen molar-refractivity contribution in [3.05, 3.63) is 29.3 Å². The van der Waals surface area contributed by atoms with E-state index in [1.807, 2.05) is 28.8 Å². The third-order valence-corrected chi connectivity index (χ3v) is 4.95. The molecule has 1 unspecified atom stereocenters. The van der Waals surface area contributed by atoms with E-state index in [2.05, 4.69) is 10.2 Å². The van der Waals surface area contributed by atoms with Crippen molar-refractivity contribution in [2.75, 3.05) is 20.3 Å². The van der Waals surface area contributed by atoms with E-state index in [0.29, 0.717) is 36.4 Å². The maximum atomic E-state index is 11.7.